The number of benzene rings is 1. The standard InChI is InChI=1S/C17H27N3O2.ClH/c1-6-20(5)16(22)14-9-7-8-13(10-14)15(21)19-17(4,11-18)12(2)3;/h7-10,12H,6,11,18H2,1-5H3,(H,19,21);1H. The van der Waals surface area contributed by atoms with Gasteiger partial charge in [0.1, 0.15) is 0 Å². The lowest BCUT2D eigenvalue weighted by Crippen LogP contribution is -2.55. The van der Waals surface area contributed by atoms with Gasteiger partial charge in [0.2, 0.25) is 0 Å². The molecule has 1 rings (SSSR count). The molecule has 0 bridgehead atoms. The second-order valence-corrected chi connectivity index (χ2v) is 6.13. The molecule has 0 fully saturated rings. The maximum atomic E-state index is 12.4. The van der Waals surface area contributed by atoms with Crippen LogP contribution in [0.25, 0.3) is 0 Å². The summed E-state index contributed by atoms with van der Waals surface area (Å²) in [5, 5.41) is 2.98. The second kappa shape index (κ2) is 8.89. The molecule has 0 saturated heterocycles. The topological polar surface area (TPSA) is 75.4 Å². The number of carbonyl (C=O) groups excluding carboxylic acids is 2. The van der Waals surface area contributed by atoms with E-state index in [0.717, 1.165) is 0 Å². The lowest BCUT2D eigenvalue weighted by Gasteiger charge is -2.33. The van der Waals surface area contributed by atoms with Crippen LogP contribution >= 0.6 is 12.4 Å². The molecule has 0 radical (unpaired) electrons. The minimum atomic E-state index is -0.475. The van der Waals surface area contributed by atoms with Gasteiger partial charge in [-0.1, -0.05) is 19.9 Å². The molecule has 0 spiro atoms. The first-order valence-corrected chi connectivity index (χ1v) is 7.63. The van der Waals surface area contributed by atoms with Crippen LogP contribution in [0.4, 0.5) is 0 Å². The van der Waals surface area contributed by atoms with Crippen LogP contribution in [0.5, 0.6) is 0 Å². The number of hydrogen-bond acceptors (Lipinski definition) is 3. The molecular weight excluding hydrogens is 314 g/mol. The predicted molar refractivity (Wildman–Crippen MR) is 96.1 cm³/mol. The van der Waals surface area contributed by atoms with Crippen LogP contribution in [0.2, 0.25) is 0 Å². The van der Waals surface area contributed by atoms with E-state index in [1.165, 1.54) is 0 Å². The molecule has 1 unspecified atom stereocenters. The van der Waals surface area contributed by atoms with Gasteiger partial charge in [-0.2, -0.15) is 0 Å². The van der Waals surface area contributed by atoms with Crippen molar-refractivity contribution < 1.29 is 9.59 Å². The van der Waals surface area contributed by atoms with Crippen molar-refractivity contribution in [1.82, 2.24) is 10.2 Å². The van der Waals surface area contributed by atoms with E-state index in [9.17, 15) is 9.59 Å². The molecule has 0 aliphatic rings. The summed E-state index contributed by atoms with van der Waals surface area (Å²) >= 11 is 0. The third-order valence-corrected chi connectivity index (χ3v) is 4.29. The van der Waals surface area contributed by atoms with E-state index in [0.29, 0.717) is 24.2 Å². The highest BCUT2D eigenvalue weighted by atomic mass is 35.5. The Morgan fingerprint density at radius 1 is 1.30 bits per heavy atom. The summed E-state index contributed by atoms with van der Waals surface area (Å²) in [6.45, 7) is 8.84. The van der Waals surface area contributed by atoms with E-state index in [1.807, 2.05) is 27.7 Å². The summed E-state index contributed by atoms with van der Waals surface area (Å²) in [5.74, 6) is -0.101. The molecule has 0 aromatic heterocycles. The molecule has 1 atom stereocenters. The van der Waals surface area contributed by atoms with E-state index in [4.69, 9.17) is 5.73 Å². The van der Waals surface area contributed by atoms with Crippen LogP contribution in [0, 0.1) is 5.92 Å². The fourth-order valence-electron chi connectivity index (χ4n) is 1.92. The molecule has 0 aliphatic heterocycles. The van der Waals surface area contributed by atoms with Crippen LogP contribution < -0.4 is 11.1 Å². The van der Waals surface area contributed by atoms with E-state index >= 15 is 0 Å². The van der Waals surface area contributed by atoms with Crippen LogP contribution in [0.1, 0.15) is 48.4 Å². The molecule has 0 aliphatic carbocycles. The van der Waals surface area contributed by atoms with Gasteiger partial charge < -0.3 is 16.0 Å². The highest BCUT2D eigenvalue weighted by Crippen LogP contribution is 2.16. The first-order chi connectivity index (χ1) is 10.2. The third-order valence-electron chi connectivity index (χ3n) is 4.29. The quantitative estimate of drug-likeness (QED) is 0.833. The molecule has 130 valence electrons. The lowest BCUT2D eigenvalue weighted by molar-refractivity contribution is 0.0802. The van der Waals surface area contributed by atoms with Gasteiger partial charge in [0.25, 0.3) is 11.8 Å². The van der Waals surface area contributed by atoms with Crippen LogP contribution in [0.15, 0.2) is 24.3 Å². The monoisotopic (exact) mass is 341 g/mol. The van der Waals surface area contributed by atoms with Crippen molar-refractivity contribution in [3.63, 3.8) is 0 Å². The van der Waals surface area contributed by atoms with E-state index in [-0.39, 0.29) is 30.1 Å². The SMILES string of the molecule is CCN(C)C(=O)c1cccc(C(=O)NC(C)(CN)C(C)C)c1.Cl. The van der Waals surface area contributed by atoms with Gasteiger partial charge in [-0.25, -0.2) is 0 Å². The molecule has 5 nitrogen and oxygen atoms in total. The number of hydrogen-bond donors (Lipinski definition) is 2. The first kappa shape index (κ1) is 21.4. The summed E-state index contributed by atoms with van der Waals surface area (Å²) in [6.07, 6.45) is 0. The van der Waals surface area contributed by atoms with Crippen molar-refractivity contribution in [3.8, 4) is 0 Å². The Hall–Kier alpha value is -1.59. The smallest absolute Gasteiger partial charge is 0.253 e. The Morgan fingerprint density at radius 2 is 1.87 bits per heavy atom. The highest BCUT2D eigenvalue weighted by Gasteiger charge is 2.29. The lowest BCUT2D eigenvalue weighted by atomic mass is 9.88. The number of amides is 2. The van der Waals surface area contributed by atoms with E-state index in [2.05, 4.69) is 5.32 Å². The Morgan fingerprint density at radius 3 is 2.35 bits per heavy atom. The maximum Gasteiger partial charge on any atom is 0.253 e. The normalized spacial score (nSPS) is 13.0. The molecule has 0 saturated carbocycles. The molecule has 6 heteroatoms. The molecule has 2 amide bonds. The summed E-state index contributed by atoms with van der Waals surface area (Å²) < 4.78 is 0. The largest absolute Gasteiger partial charge is 0.345 e. The summed E-state index contributed by atoms with van der Waals surface area (Å²) in [5.41, 5.74) is 6.30. The molecule has 0 heterocycles. The summed E-state index contributed by atoms with van der Waals surface area (Å²) in [4.78, 5) is 26.2. The highest BCUT2D eigenvalue weighted by molar-refractivity contribution is 5.99. The summed E-state index contributed by atoms with van der Waals surface area (Å²) in [7, 11) is 1.74. The van der Waals surface area contributed by atoms with Crippen molar-refractivity contribution >= 4 is 24.2 Å². The van der Waals surface area contributed by atoms with Crippen molar-refractivity contribution in [1.29, 1.82) is 0 Å². The average Bonchev–Trinajstić information content (AvgIpc) is 2.52. The van der Waals surface area contributed by atoms with Gasteiger partial charge >= 0.3 is 0 Å². The molecule has 23 heavy (non-hydrogen) atoms. The molecule has 3 N–H and O–H groups in total. The first-order valence-electron chi connectivity index (χ1n) is 7.63. The van der Waals surface area contributed by atoms with Gasteiger partial charge in [-0.05, 0) is 38.0 Å². The van der Waals surface area contributed by atoms with Gasteiger partial charge in [-0.3, -0.25) is 9.59 Å². The second-order valence-electron chi connectivity index (χ2n) is 6.13. The van der Waals surface area contributed by atoms with Crippen LogP contribution in [-0.2, 0) is 0 Å². The molecule has 1 aromatic carbocycles. The zero-order valence-corrected chi connectivity index (χ0v) is 15.4. The van der Waals surface area contributed by atoms with Gasteiger partial charge in [0.15, 0.2) is 0 Å². The number of rotatable bonds is 6. The van der Waals surface area contributed by atoms with Crippen molar-refractivity contribution in [2.75, 3.05) is 20.1 Å². The van der Waals surface area contributed by atoms with Gasteiger partial charge in [-0.15, -0.1) is 12.4 Å². The fourth-order valence-corrected chi connectivity index (χ4v) is 1.92. The Kier molecular flexibility index (Phi) is 8.28. The Bertz CT molecular complexity index is 548. The average molecular weight is 342 g/mol. The minimum Gasteiger partial charge on any atom is -0.345 e. The minimum absolute atomic E-state index is 0. The number of nitrogens with zero attached hydrogens (tertiary/aromatic N) is 1. The maximum absolute atomic E-state index is 12.4. The zero-order chi connectivity index (χ0) is 16.9. The molecule has 1 aromatic rings. The number of carbonyl (C=O) groups is 2. The van der Waals surface area contributed by atoms with E-state index in [1.54, 1.807) is 36.2 Å². The van der Waals surface area contributed by atoms with Gasteiger partial charge in [0, 0.05) is 31.3 Å². The van der Waals surface area contributed by atoms with Crippen molar-refractivity contribution in [2.45, 2.75) is 33.2 Å². The summed E-state index contributed by atoms with van der Waals surface area (Å²) in [6, 6.07) is 6.77. The Labute approximate surface area is 145 Å². The molecular formula is C17H28ClN3O2. The zero-order valence-electron chi connectivity index (χ0n) is 14.6. The van der Waals surface area contributed by atoms with Crippen molar-refractivity contribution in [2.24, 2.45) is 11.7 Å². The predicted octanol–water partition coefficient (Wildman–Crippen LogP) is 2.30. The van der Waals surface area contributed by atoms with Gasteiger partial charge in [0.05, 0.1) is 5.54 Å². The number of nitrogens with two attached hydrogens (primary N) is 1. The van der Waals surface area contributed by atoms with Crippen LogP contribution in [-0.4, -0.2) is 42.4 Å². The fraction of sp³-hybridized carbons (Fsp3) is 0.529. The number of nitrogens with one attached hydrogen (secondary N) is 1. The van der Waals surface area contributed by atoms with Crippen LogP contribution in [0.3, 0.4) is 0 Å². The van der Waals surface area contributed by atoms with E-state index < -0.39 is 5.54 Å². The number of halogens is 1. The Balaban J connectivity index is 0.00000484. The third kappa shape index (κ3) is 5.22. The van der Waals surface area contributed by atoms with Crippen molar-refractivity contribution in [3.05, 3.63) is 35.4 Å².